The number of aliphatic hydroxyl groups is 1. The minimum atomic E-state index is -4.05. The lowest BCUT2D eigenvalue weighted by molar-refractivity contribution is 0.189. The molecule has 6 heterocycles. The van der Waals surface area contributed by atoms with Gasteiger partial charge in [0.05, 0.1) is 128 Å². The third-order valence-corrected chi connectivity index (χ3v) is 21.7. The fraction of sp³-hybridized carbons (Fsp3) is 0.707. The predicted octanol–water partition coefficient (Wildman–Crippen LogP) is 9.88. The number of unbranched alkanes of at least 4 members (excludes halogenated alkanes) is 1. The number of hydrogen-bond donors (Lipinski definition) is 5. The molecule has 4 aromatic rings. The molecule has 550 valence electrons. The minimum Gasteiger partial charge on any atom is -0.395 e. The Morgan fingerprint density at radius 1 is 0.551 bits per heavy atom. The number of rotatable bonds is 44. The summed E-state index contributed by atoms with van der Waals surface area (Å²) in [6, 6.07) is 2.08. The van der Waals surface area contributed by atoms with E-state index in [9.17, 15) is 18.3 Å². The van der Waals surface area contributed by atoms with E-state index in [1.165, 1.54) is 12.7 Å². The summed E-state index contributed by atoms with van der Waals surface area (Å²) in [7, 11) is -13.3. The molecule has 0 aliphatic carbocycles. The van der Waals surface area contributed by atoms with Gasteiger partial charge in [-0.05, 0) is 54.5 Å². The van der Waals surface area contributed by atoms with Crippen molar-refractivity contribution in [1.29, 1.82) is 5.26 Å². The Bertz CT molecular complexity index is 3310. The van der Waals surface area contributed by atoms with Crippen molar-refractivity contribution < 1.29 is 60.3 Å². The van der Waals surface area contributed by atoms with Gasteiger partial charge in [-0.25, -0.2) is 54.6 Å². The number of aliphatic imine (C=N–C) groups is 2. The van der Waals surface area contributed by atoms with Crippen molar-refractivity contribution in [3.8, 4) is 6.07 Å². The predicted molar refractivity (Wildman–Crippen MR) is 384 cm³/mol. The van der Waals surface area contributed by atoms with Crippen LogP contribution in [-0.2, 0) is 65.0 Å². The zero-order valence-corrected chi connectivity index (χ0v) is 63.3. The van der Waals surface area contributed by atoms with Crippen molar-refractivity contribution in [2.75, 3.05) is 180 Å². The Balaban J connectivity index is 0.000000445. The average Bonchev–Trinajstić information content (AvgIpc) is 1.69. The monoisotopic (exact) mass is 1510 g/mol. The first-order valence-corrected chi connectivity index (χ1v) is 40.6. The van der Waals surface area contributed by atoms with Crippen LogP contribution >= 0.6 is 65.2 Å². The Hall–Kier alpha value is -4.86. The molecule has 2 unspecified atom stereocenters. The van der Waals surface area contributed by atoms with Gasteiger partial charge in [0.1, 0.15) is 34.9 Å². The second-order valence-electron chi connectivity index (χ2n) is 20.5. The van der Waals surface area contributed by atoms with E-state index in [1.54, 1.807) is 66.9 Å². The molecule has 0 bridgehead atoms. The molecule has 0 aromatic carbocycles. The lowest BCUT2D eigenvalue weighted by Crippen LogP contribution is -2.33. The van der Waals surface area contributed by atoms with E-state index in [2.05, 4.69) is 75.9 Å². The first-order chi connectivity index (χ1) is 47.1. The molecule has 0 saturated heterocycles. The van der Waals surface area contributed by atoms with Crippen molar-refractivity contribution in [1.82, 2.24) is 58.2 Å². The van der Waals surface area contributed by atoms with Crippen LogP contribution in [0.4, 0.5) is 11.6 Å². The van der Waals surface area contributed by atoms with E-state index in [4.69, 9.17) is 102 Å². The second kappa shape index (κ2) is 50.5. The number of fused-ring (bicyclic) bond motifs is 3. The van der Waals surface area contributed by atoms with Crippen LogP contribution in [0, 0.1) is 31.0 Å². The van der Waals surface area contributed by atoms with Gasteiger partial charge in [0, 0.05) is 78.4 Å². The van der Waals surface area contributed by atoms with Gasteiger partial charge >= 0.3 is 30.4 Å². The number of alkyl halides is 2. The zero-order chi connectivity index (χ0) is 72.8. The molecule has 98 heavy (non-hydrogen) atoms. The van der Waals surface area contributed by atoms with Crippen molar-refractivity contribution in [2.24, 2.45) is 9.98 Å². The van der Waals surface area contributed by atoms with Crippen LogP contribution in [0.5, 0.6) is 0 Å². The Labute approximate surface area is 592 Å². The summed E-state index contributed by atoms with van der Waals surface area (Å²) in [5.41, 5.74) is 1.57. The molecule has 0 spiro atoms. The number of aromatic nitrogens is 8. The molecule has 6 rings (SSSR count). The summed E-state index contributed by atoms with van der Waals surface area (Å²) in [6.45, 7) is 47.1. The van der Waals surface area contributed by atoms with Crippen molar-refractivity contribution in [3.63, 3.8) is 0 Å². The van der Waals surface area contributed by atoms with E-state index in [0.717, 1.165) is 18.1 Å². The molecule has 2 aliphatic heterocycles. The Kier molecular flexibility index (Phi) is 46.0. The number of nitrogens with one attached hydrogen (secondary N) is 2. The van der Waals surface area contributed by atoms with Crippen LogP contribution in [0.3, 0.4) is 0 Å². The first kappa shape index (κ1) is 89.2. The normalized spacial score (nSPS) is 14.1. The smallest absolute Gasteiger partial charge is 0.331 e. The van der Waals surface area contributed by atoms with Gasteiger partial charge in [-0.2, -0.15) is 5.26 Å². The molecule has 5 N–H and O–H groups in total. The SMILES string of the molecule is CC.CCOP(=O)(CCN(CCO)CCCC#N)OCC.[C-]#[N+]CCN(CCn1cnc2c(Cl)ncnc21)CCP(=O)(OCC)OCC.[C-]#[N+]CCN(CCn1cnc2c1NC=NC2Cl)CCP(=O)(O)O.[C-]#[N+]CCN(CCn1cnc2c1NC=NC2Cl)CCP(=O)(OCC)OCC. The standard InChI is InChI=1S/C16H26ClN6O3P.C16H24ClN6O3P.C12H18ClN6O3P.C12H25N2O4P.C2H6/c2*1-4-25-27(24,26-5-2)11-10-22(7-6-18-3)8-9-23-13-21-14-15(17)19-12-20-16(14)23;1-14-2-3-18(6-7-23(20,21)22)4-5-19-9-17-10-11(13)15-8-16-12(10)19;1-3-17-19(16,18-4-2)12-10-14(9-11-15)8-6-5-7-13;1-2/h12-13,15H,4-11H2,1-2H3,(H,19,20);12-13H,4-11H2,1-2H3;8-9,11H,2-7H2,(H,15,16)(H2,20,21,22);15H,3-6,8-12H2,1-2H3;1-2H3. The third-order valence-electron chi connectivity index (χ3n) is 13.8. The van der Waals surface area contributed by atoms with E-state index < -0.39 is 41.4 Å². The lowest BCUT2D eigenvalue weighted by Gasteiger charge is -2.24. The van der Waals surface area contributed by atoms with Crippen LogP contribution < -0.4 is 10.6 Å². The fourth-order valence-corrected chi connectivity index (χ4v) is 15.3. The van der Waals surface area contributed by atoms with Crippen LogP contribution in [0.15, 0.2) is 35.3 Å². The topological polar surface area (TPSA) is 362 Å². The quantitative estimate of drug-likeness (QED) is 0.00686. The van der Waals surface area contributed by atoms with Crippen molar-refractivity contribution >= 4 is 101 Å². The first-order valence-electron chi connectivity index (χ1n) is 32.4. The number of imidazole rings is 3. The summed E-state index contributed by atoms with van der Waals surface area (Å²) >= 11 is 18.2. The fourth-order valence-electron chi connectivity index (χ4n) is 9.21. The highest BCUT2D eigenvalue weighted by Crippen LogP contribution is 2.49. The van der Waals surface area contributed by atoms with Crippen LogP contribution in [0.25, 0.3) is 25.7 Å². The Morgan fingerprint density at radius 2 is 0.918 bits per heavy atom. The van der Waals surface area contributed by atoms with Gasteiger partial charge in [-0.3, -0.25) is 33.0 Å². The zero-order valence-electron chi connectivity index (χ0n) is 57.4. The van der Waals surface area contributed by atoms with Crippen LogP contribution in [-0.4, -0.2) is 255 Å². The highest BCUT2D eigenvalue weighted by atomic mass is 35.5. The van der Waals surface area contributed by atoms with E-state index in [-0.39, 0.29) is 32.0 Å². The van der Waals surface area contributed by atoms with Gasteiger partial charge in [-0.15, -0.1) is 0 Å². The molecule has 0 radical (unpaired) electrons. The highest BCUT2D eigenvalue weighted by molar-refractivity contribution is 7.54. The summed E-state index contributed by atoms with van der Waals surface area (Å²) in [4.78, 5) is 65.1. The molecular formula is C58H99Cl3N20O13P4. The average molecular weight is 1510 g/mol. The van der Waals surface area contributed by atoms with Crippen molar-refractivity contribution in [2.45, 2.75) is 98.9 Å². The maximum atomic E-state index is 12.7. The van der Waals surface area contributed by atoms with Gasteiger partial charge in [0.2, 0.25) is 19.6 Å². The van der Waals surface area contributed by atoms with Gasteiger partial charge in [-0.1, -0.05) is 48.7 Å². The molecule has 33 nitrogen and oxygen atoms in total. The highest BCUT2D eigenvalue weighted by Gasteiger charge is 2.29. The molecule has 2 atom stereocenters. The molecular weight excluding hydrogens is 1420 g/mol. The molecule has 0 saturated carbocycles. The van der Waals surface area contributed by atoms with Crippen LogP contribution in [0.1, 0.15) is 90.6 Å². The number of hydrogen-bond acceptors (Lipinski definition) is 25. The second-order valence-corrected chi connectivity index (χ2v) is 30.0. The summed E-state index contributed by atoms with van der Waals surface area (Å²) < 4.78 is 86.2. The van der Waals surface area contributed by atoms with Gasteiger partial charge < -0.3 is 85.8 Å². The van der Waals surface area contributed by atoms with Gasteiger partial charge in [0.15, 0.2) is 21.8 Å². The summed E-state index contributed by atoms with van der Waals surface area (Å²) in [6.07, 6.45) is 11.4. The van der Waals surface area contributed by atoms with E-state index in [1.807, 2.05) is 37.3 Å². The molecule has 4 aromatic heterocycles. The molecule has 2 aliphatic rings. The Morgan fingerprint density at radius 3 is 1.28 bits per heavy atom. The summed E-state index contributed by atoms with van der Waals surface area (Å²) in [5.74, 6) is 1.59. The van der Waals surface area contributed by atoms with Crippen LogP contribution in [0.2, 0.25) is 5.15 Å². The molecule has 0 fully saturated rings. The largest absolute Gasteiger partial charge is 0.395 e. The number of nitrogens with zero attached hydrogens (tertiary/aromatic N) is 18. The minimum absolute atomic E-state index is 0.0418. The molecule has 40 heteroatoms. The maximum absolute atomic E-state index is 12.7. The van der Waals surface area contributed by atoms with Gasteiger partial charge in [0.25, 0.3) is 0 Å². The third kappa shape index (κ3) is 34.2. The van der Waals surface area contributed by atoms with E-state index in [0.29, 0.717) is 191 Å². The summed E-state index contributed by atoms with van der Waals surface area (Å²) in [5, 5.41) is 23.9. The lowest BCUT2D eigenvalue weighted by atomic mass is 10.3. The van der Waals surface area contributed by atoms with E-state index >= 15 is 0 Å². The molecule has 0 amide bonds. The number of halogens is 3. The maximum Gasteiger partial charge on any atom is 0.331 e. The number of aliphatic hydroxyl groups excluding tert-OH is 1. The number of anilines is 2. The number of nitriles is 1. The van der Waals surface area contributed by atoms with Crippen molar-refractivity contribution in [3.05, 3.63) is 76.1 Å².